The molecule has 0 aliphatic rings. The van der Waals surface area contributed by atoms with Gasteiger partial charge in [0.2, 0.25) is 5.88 Å². The average Bonchev–Trinajstić information content (AvgIpc) is 3.11. The monoisotopic (exact) mass is 418 g/mol. The summed E-state index contributed by atoms with van der Waals surface area (Å²) < 4.78 is 20.8. The highest BCUT2D eigenvalue weighted by Gasteiger charge is 2.20. The van der Waals surface area contributed by atoms with Crippen molar-refractivity contribution in [3.8, 4) is 17.0 Å². The molecule has 0 saturated carbocycles. The van der Waals surface area contributed by atoms with Gasteiger partial charge in [-0.3, -0.25) is 4.79 Å². The molecule has 2 aromatic carbocycles. The second kappa shape index (κ2) is 8.55. The average molecular weight is 418 g/mol. The van der Waals surface area contributed by atoms with Gasteiger partial charge in [0.05, 0.1) is 11.1 Å². The van der Waals surface area contributed by atoms with E-state index in [-0.39, 0.29) is 11.7 Å². The number of carbonyl (C=O) groups excluding carboxylic acids is 1. The van der Waals surface area contributed by atoms with Crippen molar-refractivity contribution < 1.29 is 13.9 Å². The first-order valence-corrected chi connectivity index (χ1v) is 10.1. The van der Waals surface area contributed by atoms with Gasteiger partial charge < -0.3 is 10.1 Å². The highest BCUT2D eigenvalue weighted by atomic mass is 19.1. The first kappa shape index (κ1) is 20.5. The third-order valence-electron chi connectivity index (χ3n) is 5.02. The highest BCUT2D eigenvalue weighted by molar-refractivity contribution is 5.96. The topological polar surface area (TPSA) is 69.0 Å². The Morgan fingerprint density at radius 3 is 2.55 bits per heavy atom. The summed E-state index contributed by atoms with van der Waals surface area (Å²) in [6.07, 6.45) is -0.808. The lowest BCUT2D eigenvalue weighted by atomic mass is 10.0. The number of nitrogens with one attached hydrogen (secondary N) is 1. The molecule has 1 N–H and O–H groups in total. The molecule has 2 heterocycles. The standard InChI is InChI=1S/C24H23FN4O2/c1-4-29-23-22(15(2)28-29)20(17-8-6-5-7-9-17)14-21(27-23)31-16(3)24(30)26-19-12-10-18(25)11-13-19/h5-14,16H,4H2,1-3H3,(H,26,30)/t16-/m0/s1. The van der Waals surface area contributed by atoms with Gasteiger partial charge in [-0.1, -0.05) is 30.3 Å². The number of amides is 1. The SMILES string of the molecule is CCn1nc(C)c2c(-c3ccccc3)cc(O[C@@H](C)C(=O)Nc3ccc(F)cc3)nc21. The molecule has 0 fully saturated rings. The predicted molar refractivity (Wildman–Crippen MR) is 118 cm³/mol. The molecule has 7 heteroatoms. The summed E-state index contributed by atoms with van der Waals surface area (Å²) in [6.45, 7) is 6.27. The Labute approximate surface area is 179 Å². The van der Waals surface area contributed by atoms with Crippen LogP contribution in [0.5, 0.6) is 5.88 Å². The number of benzene rings is 2. The van der Waals surface area contributed by atoms with Gasteiger partial charge in [0.1, 0.15) is 5.82 Å². The highest BCUT2D eigenvalue weighted by Crippen LogP contribution is 2.33. The Kier molecular flexibility index (Phi) is 5.66. The van der Waals surface area contributed by atoms with E-state index < -0.39 is 6.10 Å². The number of aromatic nitrogens is 3. The quantitative estimate of drug-likeness (QED) is 0.480. The minimum Gasteiger partial charge on any atom is -0.464 e. The van der Waals surface area contributed by atoms with Crippen LogP contribution in [0.4, 0.5) is 10.1 Å². The molecular formula is C24H23FN4O2. The summed E-state index contributed by atoms with van der Waals surface area (Å²) in [4.78, 5) is 17.2. The number of hydrogen-bond acceptors (Lipinski definition) is 4. The normalized spacial score (nSPS) is 12.0. The number of anilines is 1. The lowest BCUT2D eigenvalue weighted by molar-refractivity contribution is -0.122. The summed E-state index contributed by atoms with van der Waals surface area (Å²) in [6, 6.07) is 17.4. The molecule has 1 amide bonds. The zero-order chi connectivity index (χ0) is 22.0. The Balaban J connectivity index is 1.67. The number of halogens is 1. The van der Waals surface area contributed by atoms with Crippen LogP contribution in [0.2, 0.25) is 0 Å². The number of fused-ring (bicyclic) bond motifs is 1. The summed E-state index contributed by atoms with van der Waals surface area (Å²) in [5, 5.41) is 8.29. The molecule has 2 aromatic heterocycles. The number of carbonyl (C=O) groups is 1. The number of pyridine rings is 1. The third-order valence-corrected chi connectivity index (χ3v) is 5.02. The second-order valence-electron chi connectivity index (χ2n) is 7.23. The van der Waals surface area contributed by atoms with E-state index in [1.165, 1.54) is 24.3 Å². The van der Waals surface area contributed by atoms with Crippen molar-refractivity contribution >= 4 is 22.6 Å². The van der Waals surface area contributed by atoms with Gasteiger partial charge in [0.25, 0.3) is 5.91 Å². The van der Waals surface area contributed by atoms with E-state index in [2.05, 4.69) is 15.4 Å². The van der Waals surface area contributed by atoms with Crippen molar-refractivity contribution in [2.24, 2.45) is 0 Å². The molecule has 0 radical (unpaired) electrons. The maximum Gasteiger partial charge on any atom is 0.265 e. The Bertz CT molecular complexity index is 1220. The van der Waals surface area contributed by atoms with Crippen LogP contribution in [0.25, 0.3) is 22.2 Å². The van der Waals surface area contributed by atoms with E-state index >= 15 is 0 Å². The molecule has 0 saturated heterocycles. The number of aryl methyl sites for hydroxylation is 2. The zero-order valence-electron chi connectivity index (χ0n) is 17.6. The first-order valence-electron chi connectivity index (χ1n) is 10.1. The minimum atomic E-state index is -0.808. The van der Waals surface area contributed by atoms with Crippen LogP contribution in [-0.2, 0) is 11.3 Å². The summed E-state index contributed by atoms with van der Waals surface area (Å²) in [5.74, 6) is -0.381. The molecule has 4 aromatic rings. The number of nitrogens with zero attached hydrogens (tertiary/aromatic N) is 3. The van der Waals surface area contributed by atoms with Gasteiger partial charge >= 0.3 is 0 Å². The van der Waals surface area contributed by atoms with Gasteiger partial charge in [-0.15, -0.1) is 0 Å². The Morgan fingerprint density at radius 2 is 1.87 bits per heavy atom. The predicted octanol–water partition coefficient (Wildman–Crippen LogP) is 4.97. The summed E-state index contributed by atoms with van der Waals surface area (Å²) in [7, 11) is 0. The lowest BCUT2D eigenvalue weighted by Gasteiger charge is -2.15. The maximum absolute atomic E-state index is 13.1. The van der Waals surface area contributed by atoms with Gasteiger partial charge in [0, 0.05) is 18.3 Å². The molecule has 0 spiro atoms. The van der Waals surface area contributed by atoms with Crippen molar-refractivity contribution in [2.45, 2.75) is 33.4 Å². The van der Waals surface area contributed by atoms with Crippen LogP contribution in [0.3, 0.4) is 0 Å². The van der Waals surface area contributed by atoms with Crippen molar-refractivity contribution in [2.75, 3.05) is 5.32 Å². The van der Waals surface area contributed by atoms with Gasteiger partial charge in [0.15, 0.2) is 11.8 Å². The summed E-state index contributed by atoms with van der Waals surface area (Å²) >= 11 is 0. The fraction of sp³-hybridized carbons (Fsp3) is 0.208. The smallest absolute Gasteiger partial charge is 0.265 e. The van der Waals surface area contributed by atoms with E-state index in [1.54, 1.807) is 6.92 Å². The van der Waals surface area contributed by atoms with Crippen molar-refractivity contribution in [1.82, 2.24) is 14.8 Å². The fourth-order valence-corrected chi connectivity index (χ4v) is 3.47. The fourth-order valence-electron chi connectivity index (χ4n) is 3.47. The molecular weight excluding hydrogens is 395 g/mol. The molecule has 1 atom stereocenters. The van der Waals surface area contributed by atoms with Gasteiger partial charge in [-0.2, -0.15) is 10.1 Å². The number of rotatable bonds is 6. The molecule has 0 aliphatic heterocycles. The second-order valence-corrected chi connectivity index (χ2v) is 7.23. The van der Waals surface area contributed by atoms with E-state index in [0.29, 0.717) is 23.8 Å². The molecule has 4 rings (SSSR count). The largest absolute Gasteiger partial charge is 0.464 e. The first-order chi connectivity index (χ1) is 15.0. The summed E-state index contributed by atoms with van der Waals surface area (Å²) in [5.41, 5.74) is 4.06. The van der Waals surface area contributed by atoms with E-state index in [1.807, 2.05) is 54.9 Å². The van der Waals surface area contributed by atoms with Crippen LogP contribution in [0.15, 0.2) is 60.7 Å². The molecule has 0 bridgehead atoms. The molecule has 0 unspecified atom stereocenters. The Hall–Kier alpha value is -3.74. The van der Waals surface area contributed by atoms with Gasteiger partial charge in [-0.05, 0) is 56.2 Å². The van der Waals surface area contributed by atoms with E-state index in [0.717, 1.165) is 22.2 Å². The zero-order valence-corrected chi connectivity index (χ0v) is 17.6. The van der Waals surface area contributed by atoms with E-state index in [4.69, 9.17) is 4.74 Å². The van der Waals surface area contributed by atoms with Crippen molar-refractivity contribution in [1.29, 1.82) is 0 Å². The third kappa shape index (κ3) is 4.26. The van der Waals surface area contributed by atoms with Crippen LogP contribution >= 0.6 is 0 Å². The van der Waals surface area contributed by atoms with Crippen LogP contribution in [0, 0.1) is 12.7 Å². The minimum absolute atomic E-state index is 0.336. The number of ether oxygens (including phenoxy) is 1. The van der Waals surface area contributed by atoms with Crippen molar-refractivity contribution in [3.63, 3.8) is 0 Å². The van der Waals surface area contributed by atoms with Crippen LogP contribution in [-0.4, -0.2) is 26.8 Å². The molecule has 158 valence electrons. The van der Waals surface area contributed by atoms with E-state index in [9.17, 15) is 9.18 Å². The van der Waals surface area contributed by atoms with Gasteiger partial charge in [-0.25, -0.2) is 9.07 Å². The molecule has 6 nitrogen and oxygen atoms in total. The van der Waals surface area contributed by atoms with Crippen LogP contribution < -0.4 is 10.1 Å². The Morgan fingerprint density at radius 1 is 1.16 bits per heavy atom. The maximum atomic E-state index is 13.1. The number of hydrogen-bond donors (Lipinski definition) is 1. The van der Waals surface area contributed by atoms with Crippen molar-refractivity contribution in [3.05, 3.63) is 72.2 Å². The molecule has 31 heavy (non-hydrogen) atoms. The molecule has 0 aliphatic carbocycles. The van der Waals surface area contributed by atoms with Crippen LogP contribution in [0.1, 0.15) is 19.5 Å². The lowest BCUT2D eigenvalue weighted by Crippen LogP contribution is -2.30.